The quantitative estimate of drug-likeness (QED) is 0.720. The van der Waals surface area contributed by atoms with Crippen molar-refractivity contribution in [2.45, 2.75) is 46.1 Å². The number of halogens is 2. The molecule has 146 valence electrons. The lowest BCUT2D eigenvalue weighted by atomic mass is 10.1. The van der Waals surface area contributed by atoms with Crippen LogP contribution in [-0.2, 0) is 10.7 Å². The molecule has 0 saturated heterocycles. The fourth-order valence-corrected chi connectivity index (χ4v) is 3.47. The van der Waals surface area contributed by atoms with Gasteiger partial charge in [-0.05, 0) is 31.4 Å². The molecule has 0 bridgehead atoms. The Labute approximate surface area is 161 Å². The van der Waals surface area contributed by atoms with Crippen LogP contribution in [0.25, 0.3) is 22.2 Å². The van der Waals surface area contributed by atoms with E-state index >= 15 is 0 Å². The molecule has 8 heteroatoms. The summed E-state index contributed by atoms with van der Waals surface area (Å²) in [6, 6.07) is 3.81. The number of hydrogen-bond acceptors (Lipinski definition) is 4. The maximum absolute atomic E-state index is 13.9. The van der Waals surface area contributed by atoms with E-state index in [0.29, 0.717) is 29.2 Å². The highest BCUT2D eigenvalue weighted by atomic mass is 19.3. The smallest absolute Gasteiger partial charge is 0.303 e. The van der Waals surface area contributed by atoms with Crippen molar-refractivity contribution in [3.8, 4) is 11.3 Å². The van der Waals surface area contributed by atoms with Crippen LogP contribution in [-0.4, -0.2) is 25.4 Å². The number of fused-ring (bicyclic) bond motifs is 1. The van der Waals surface area contributed by atoms with E-state index in [0.717, 1.165) is 29.8 Å². The number of rotatable bonds is 4. The molecule has 1 fully saturated rings. The van der Waals surface area contributed by atoms with E-state index in [1.54, 1.807) is 25.3 Å². The van der Waals surface area contributed by atoms with Gasteiger partial charge in [0.1, 0.15) is 5.82 Å². The van der Waals surface area contributed by atoms with Gasteiger partial charge in [0, 0.05) is 42.7 Å². The van der Waals surface area contributed by atoms with Crippen LogP contribution in [0.1, 0.15) is 44.8 Å². The van der Waals surface area contributed by atoms with Crippen LogP contribution < -0.4 is 5.32 Å². The molecule has 28 heavy (non-hydrogen) atoms. The molecule has 1 saturated carbocycles. The molecule has 0 spiro atoms. The zero-order chi connectivity index (χ0) is 20.2. The Morgan fingerprint density at radius 1 is 1.32 bits per heavy atom. The third kappa shape index (κ3) is 3.34. The summed E-state index contributed by atoms with van der Waals surface area (Å²) in [6.07, 6.45) is 4.70. The monoisotopic (exact) mass is 385 g/mol. The lowest BCUT2D eigenvalue weighted by molar-refractivity contribution is -0.114. The van der Waals surface area contributed by atoms with Gasteiger partial charge in [-0.1, -0.05) is 6.92 Å². The number of nitrogens with one attached hydrogen (secondary N) is 1. The van der Waals surface area contributed by atoms with Gasteiger partial charge in [-0.25, -0.2) is 15.0 Å². The first-order valence-electron chi connectivity index (χ1n) is 9.16. The van der Waals surface area contributed by atoms with Gasteiger partial charge in [-0.2, -0.15) is 8.78 Å². The Morgan fingerprint density at radius 2 is 2.04 bits per heavy atom. The first kappa shape index (κ1) is 18.5. The van der Waals surface area contributed by atoms with Gasteiger partial charge in [0.15, 0.2) is 5.82 Å². The lowest BCUT2D eigenvalue weighted by Gasteiger charge is -2.11. The van der Waals surface area contributed by atoms with Gasteiger partial charge in [0.05, 0.1) is 17.4 Å². The molecule has 1 aliphatic carbocycles. The second-order valence-electron chi connectivity index (χ2n) is 7.60. The molecule has 0 aliphatic heterocycles. The van der Waals surface area contributed by atoms with E-state index < -0.39 is 11.7 Å². The van der Waals surface area contributed by atoms with E-state index in [4.69, 9.17) is 0 Å². The van der Waals surface area contributed by atoms with Crippen LogP contribution in [0.4, 0.5) is 14.6 Å². The first-order valence-corrected chi connectivity index (χ1v) is 9.16. The highest BCUT2D eigenvalue weighted by Gasteiger charge is 2.36. The molecule has 3 aromatic heterocycles. The summed E-state index contributed by atoms with van der Waals surface area (Å²) in [5, 5.41) is 3.48. The molecule has 4 rings (SSSR count). The fraction of sp³-hybridized carbons (Fsp3) is 0.400. The molecule has 1 aliphatic rings. The predicted molar refractivity (Wildman–Crippen MR) is 102 cm³/mol. The molecule has 2 unspecified atom stereocenters. The molecular weight excluding hydrogens is 364 g/mol. The van der Waals surface area contributed by atoms with Crippen LogP contribution >= 0.6 is 0 Å². The zero-order valence-corrected chi connectivity index (χ0v) is 16.1. The summed E-state index contributed by atoms with van der Waals surface area (Å²) in [6.45, 7) is 6.04. The lowest BCUT2D eigenvalue weighted by Crippen LogP contribution is -2.13. The SMILES string of the molecule is CC(=O)Nc1cc2c(-c3cc(C)nc(C(C)(F)F)n3)cn(C3CC3C)c2cn1. The van der Waals surface area contributed by atoms with Gasteiger partial charge in [0.2, 0.25) is 5.91 Å². The summed E-state index contributed by atoms with van der Waals surface area (Å²) in [5.74, 6) is -2.91. The van der Waals surface area contributed by atoms with Crippen LogP contribution in [0, 0.1) is 12.8 Å². The molecule has 3 aromatic rings. The third-order valence-corrected chi connectivity index (χ3v) is 4.97. The number of carbonyl (C=O) groups excluding carboxylic acids is 1. The highest BCUT2D eigenvalue weighted by molar-refractivity contribution is 5.98. The molecule has 1 amide bonds. The first-order chi connectivity index (χ1) is 13.1. The number of alkyl halides is 2. The number of amides is 1. The maximum Gasteiger partial charge on any atom is 0.303 e. The van der Waals surface area contributed by atoms with Gasteiger partial charge >= 0.3 is 5.92 Å². The topological polar surface area (TPSA) is 72.7 Å². The number of carbonyl (C=O) groups is 1. The van der Waals surface area contributed by atoms with E-state index in [-0.39, 0.29) is 5.91 Å². The molecule has 2 atom stereocenters. The summed E-state index contributed by atoms with van der Waals surface area (Å²) in [7, 11) is 0. The summed E-state index contributed by atoms with van der Waals surface area (Å²) >= 11 is 0. The number of aryl methyl sites for hydroxylation is 1. The zero-order valence-electron chi connectivity index (χ0n) is 16.1. The van der Waals surface area contributed by atoms with Crippen molar-refractivity contribution in [2.24, 2.45) is 5.92 Å². The number of pyridine rings is 1. The summed E-state index contributed by atoms with van der Waals surface area (Å²) < 4.78 is 29.8. The van der Waals surface area contributed by atoms with Gasteiger partial charge in [-0.15, -0.1) is 0 Å². The van der Waals surface area contributed by atoms with Crippen molar-refractivity contribution in [3.63, 3.8) is 0 Å². The second kappa shape index (κ2) is 6.32. The maximum atomic E-state index is 13.9. The Morgan fingerprint density at radius 3 is 2.64 bits per heavy atom. The van der Waals surface area contributed by atoms with Gasteiger partial charge in [0.25, 0.3) is 0 Å². The van der Waals surface area contributed by atoms with E-state index in [9.17, 15) is 13.6 Å². The Balaban J connectivity index is 1.93. The van der Waals surface area contributed by atoms with Crippen molar-refractivity contribution in [2.75, 3.05) is 5.32 Å². The van der Waals surface area contributed by atoms with Crippen LogP contribution in [0.2, 0.25) is 0 Å². The second-order valence-corrected chi connectivity index (χ2v) is 7.60. The van der Waals surface area contributed by atoms with Crippen LogP contribution in [0.15, 0.2) is 24.5 Å². The van der Waals surface area contributed by atoms with E-state index in [2.05, 4.69) is 31.8 Å². The minimum atomic E-state index is -3.13. The van der Waals surface area contributed by atoms with Gasteiger partial charge in [-0.3, -0.25) is 4.79 Å². The minimum absolute atomic E-state index is 0.227. The normalized spacial score (nSPS) is 19.1. The van der Waals surface area contributed by atoms with Crippen molar-refractivity contribution >= 4 is 22.6 Å². The fourth-order valence-electron chi connectivity index (χ4n) is 3.47. The number of anilines is 1. The van der Waals surface area contributed by atoms with Crippen LogP contribution in [0.5, 0.6) is 0 Å². The minimum Gasteiger partial charge on any atom is -0.342 e. The van der Waals surface area contributed by atoms with E-state index in [1.165, 1.54) is 6.92 Å². The molecule has 0 aromatic carbocycles. The molecule has 0 radical (unpaired) electrons. The standard InChI is InChI=1S/C20H21F2N5O/c1-10-5-16(10)27-9-14(13-7-18(25-12(3)28)23-8-17(13)27)15-6-11(2)24-19(26-15)20(4,21)22/h6-10,16H,5H2,1-4H3,(H,23,25,28). The molecule has 1 N–H and O–H groups in total. The third-order valence-electron chi connectivity index (χ3n) is 4.97. The largest absolute Gasteiger partial charge is 0.342 e. The number of aromatic nitrogens is 4. The predicted octanol–water partition coefficient (Wildman–Crippen LogP) is 4.45. The van der Waals surface area contributed by atoms with Gasteiger partial charge < -0.3 is 9.88 Å². The van der Waals surface area contributed by atoms with Crippen molar-refractivity contribution in [3.05, 3.63) is 36.0 Å². The number of nitrogens with zero attached hydrogens (tertiary/aromatic N) is 4. The molecule has 3 heterocycles. The summed E-state index contributed by atoms with van der Waals surface area (Å²) in [4.78, 5) is 23.8. The van der Waals surface area contributed by atoms with Crippen molar-refractivity contribution in [1.82, 2.24) is 19.5 Å². The average Bonchev–Trinajstić information content (AvgIpc) is 3.19. The molecule has 6 nitrogen and oxygen atoms in total. The number of hydrogen-bond donors (Lipinski definition) is 1. The average molecular weight is 385 g/mol. The van der Waals surface area contributed by atoms with E-state index in [1.807, 2.05) is 6.20 Å². The molecular formula is C20H21F2N5O. The van der Waals surface area contributed by atoms with Crippen molar-refractivity contribution < 1.29 is 13.6 Å². The Bertz CT molecular complexity index is 1090. The summed E-state index contributed by atoms with van der Waals surface area (Å²) in [5.41, 5.74) is 2.51. The Hall–Kier alpha value is -2.90. The highest BCUT2D eigenvalue weighted by Crippen LogP contribution is 2.46. The van der Waals surface area contributed by atoms with Crippen molar-refractivity contribution in [1.29, 1.82) is 0 Å². The van der Waals surface area contributed by atoms with Crippen LogP contribution in [0.3, 0.4) is 0 Å². The Kier molecular flexibility index (Phi) is 4.17.